The molecule has 33 heavy (non-hydrogen) atoms. The molecule has 0 saturated carbocycles. The highest BCUT2D eigenvalue weighted by molar-refractivity contribution is 5.98. The second-order valence-corrected chi connectivity index (χ2v) is 7.04. The quantitative estimate of drug-likeness (QED) is 0.352. The molecule has 0 bridgehead atoms. The lowest BCUT2D eigenvalue weighted by atomic mass is 9.95. The molecule has 1 atom stereocenters. The standard InChI is InChI=1S/C22H16F2N8O/c23-13-5-11(6-14(24)7-13)9-33-15-3-1-12(2-4-15)19-17-18(27)16(8-25)20(28)31-21(17)32-22(30-19)29-10-26/h1-7,19H,9H2,(H6,27,28,29,30,31,32). The van der Waals surface area contributed by atoms with Crippen molar-refractivity contribution < 1.29 is 13.5 Å². The Morgan fingerprint density at radius 3 is 2.42 bits per heavy atom. The summed E-state index contributed by atoms with van der Waals surface area (Å²) >= 11 is 0. The molecule has 0 saturated heterocycles. The molecule has 1 aromatic heterocycles. The topological polar surface area (TPSA) is 158 Å². The van der Waals surface area contributed by atoms with E-state index in [1.807, 2.05) is 6.07 Å². The van der Waals surface area contributed by atoms with Crippen LogP contribution in [0.3, 0.4) is 0 Å². The fraction of sp³-hybridized carbons (Fsp3) is 0.0909. The number of nitrogens with one attached hydrogen (secondary N) is 2. The van der Waals surface area contributed by atoms with E-state index >= 15 is 0 Å². The van der Waals surface area contributed by atoms with Gasteiger partial charge in [0.15, 0.2) is 6.19 Å². The molecule has 0 fully saturated rings. The number of guanidine groups is 1. The number of ether oxygens (including phenoxy) is 1. The first kappa shape index (κ1) is 21.3. The minimum Gasteiger partial charge on any atom is -0.489 e. The second-order valence-electron chi connectivity index (χ2n) is 7.04. The molecular weight excluding hydrogens is 430 g/mol. The van der Waals surface area contributed by atoms with Gasteiger partial charge in [-0.05, 0) is 35.4 Å². The van der Waals surface area contributed by atoms with Crippen molar-refractivity contribution >= 4 is 23.3 Å². The normalized spacial score (nSPS) is 14.2. The predicted molar refractivity (Wildman–Crippen MR) is 117 cm³/mol. The number of anilines is 3. The molecule has 0 amide bonds. The van der Waals surface area contributed by atoms with Crippen molar-refractivity contribution in [3.8, 4) is 18.0 Å². The minimum absolute atomic E-state index is 0.0275. The third-order valence-corrected chi connectivity index (χ3v) is 4.88. The van der Waals surface area contributed by atoms with Crippen LogP contribution in [-0.4, -0.2) is 10.9 Å². The molecule has 1 unspecified atom stereocenters. The van der Waals surface area contributed by atoms with E-state index in [1.165, 1.54) is 12.1 Å². The van der Waals surface area contributed by atoms with Crippen molar-refractivity contribution in [2.24, 2.45) is 4.99 Å². The Kier molecular flexibility index (Phi) is 5.62. The number of benzene rings is 2. The Morgan fingerprint density at radius 1 is 1.09 bits per heavy atom. The zero-order valence-electron chi connectivity index (χ0n) is 16.9. The number of hydrogen-bond acceptors (Lipinski definition) is 9. The van der Waals surface area contributed by atoms with Crippen LogP contribution in [0.5, 0.6) is 5.75 Å². The van der Waals surface area contributed by atoms with Crippen molar-refractivity contribution in [2.45, 2.75) is 12.6 Å². The van der Waals surface area contributed by atoms with Gasteiger partial charge in [-0.2, -0.15) is 10.5 Å². The number of aromatic nitrogens is 1. The fourth-order valence-electron chi connectivity index (χ4n) is 3.43. The first-order valence-corrected chi connectivity index (χ1v) is 9.56. The van der Waals surface area contributed by atoms with E-state index in [0.717, 1.165) is 6.07 Å². The van der Waals surface area contributed by atoms with Crippen LogP contribution in [0.4, 0.5) is 26.1 Å². The summed E-state index contributed by atoms with van der Waals surface area (Å²) in [5.74, 6) is -0.545. The van der Waals surface area contributed by atoms with E-state index < -0.39 is 17.7 Å². The van der Waals surface area contributed by atoms with Crippen LogP contribution in [0, 0.1) is 34.4 Å². The molecule has 0 aliphatic carbocycles. The van der Waals surface area contributed by atoms with Crippen molar-refractivity contribution in [2.75, 3.05) is 16.8 Å². The van der Waals surface area contributed by atoms with E-state index in [2.05, 4.69) is 20.6 Å². The second kappa shape index (κ2) is 8.69. The molecule has 0 spiro atoms. The Labute approximate surface area is 186 Å². The molecule has 2 aromatic carbocycles. The number of pyridine rings is 1. The number of fused-ring (bicyclic) bond motifs is 1. The van der Waals surface area contributed by atoms with Crippen LogP contribution in [0.1, 0.15) is 28.3 Å². The van der Waals surface area contributed by atoms with Gasteiger partial charge in [-0.25, -0.2) is 18.8 Å². The first-order valence-electron chi connectivity index (χ1n) is 9.56. The summed E-state index contributed by atoms with van der Waals surface area (Å²) in [5, 5.41) is 23.6. The summed E-state index contributed by atoms with van der Waals surface area (Å²) < 4.78 is 32.3. The van der Waals surface area contributed by atoms with Gasteiger partial charge in [0.25, 0.3) is 0 Å². The van der Waals surface area contributed by atoms with Gasteiger partial charge in [0.05, 0.1) is 5.69 Å². The van der Waals surface area contributed by atoms with E-state index in [9.17, 15) is 14.0 Å². The lowest BCUT2D eigenvalue weighted by molar-refractivity contribution is 0.304. The molecular formula is C22H16F2N8O. The van der Waals surface area contributed by atoms with Crippen LogP contribution in [-0.2, 0) is 6.61 Å². The van der Waals surface area contributed by atoms with Gasteiger partial charge in [0.1, 0.15) is 53.3 Å². The van der Waals surface area contributed by atoms with Crippen LogP contribution in [0.15, 0.2) is 47.5 Å². The molecule has 2 heterocycles. The summed E-state index contributed by atoms with van der Waals surface area (Å²) in [6, 6.07) is 11.2. The van der Waals surface area contributed by atoms with Gasteiger partial charge < -0.3 is 21.5 Å². The molecule has 11 heteroatoms. The van der Waals surface area contributed by atoms with E-state index in [0.29, 0.717) is 22.4 Å². The molecule has 6 N–H and O–H groups in total. The highest BCUT2D eigenvalue weighted by Crippen LogP contribution is 2.40. The van der Waals surface area contributed by atoms with Crippen molar-refractivity contribution in [1.29, 1.82) is 10.5 Å². The smallest absolute Gasteiger partial charge is 0.211 e. The number of hydrogen-bond donors (Lipinski definition) is 4. The van der Waals surface area contributed by atoms with E-state index in [-0.39, 0.29) is 35.5 Å². The first-order chi connectivity index (χ1) is 15.9. The Balaban J connectivity index is 1.64. The Morgan fingerprint density at radius 2 is 1.79 bits per heavy atom. The highest BCUT2D eigenvalue weighted by Gasteiger charge is 2.29. The molecule has 4 rings (SSSR count). The Hall–Kier alpha value is -4.90. The van der Waals surface area contributed by atoms with Crippen LogP contribution in [0.25, 0.3) is 0 Å². The highest BCUT2D eigenvalue weighted by atomic mass is 19.1. The minimum atomic E-state index is -0.691. The largest absolute Gasteiger partial charge is 0.489 e. The third kappa shape index (κ3) is 4.29. The predicted octanol–water partition coefficient (Wildman–Crippen LogP) is 2.92. The number of aliphatic imine (C=N–C) groups is 1. The molecule has 164 valence electrons. The molecule has 9 nitrogen and oxygen atoms in total. The van der Waals surface area contributed by atoms with Gasteiger partial charge in [-0.3, -0.25) is 5.32 Å². The monoisotopic (exact) mass is 446 g/mol. The Bertz CT molecular complexity index is 1320. The summed E-state index contributed by atoms with van der Waals surface area (Å²) in [4.78, 5) is 8.67. The zero-order valence-corrected chi connectivity index (χ0v) is 16.9. The van der Waals surface area contributed by atoms with Crippen LogP contribution < -0.4 is 26.8 Å². The third-order valence-electron chi connectivity index (χ3n) is 4.88. The maximum Gasteiger partial charge on any atom is 0.211 e. The van der Waals surface area contributed by atoms with Gasteiger partial charge in [-0.15, -0.1) is 0 Å². The molecule has 1 aliphatic heterocycles. The van der Waals surface area contributed by atoms with Gasteiger partial charge >= 0.3 is 0 Å². The van der Waals surface area contributed by atoms with Crippen LogP contribution >= 0.6 is 0 Å². The van der Waals surface area contributed by atoms with E-state index in [4.69, 9.17) is 21.5 Å². The van der Waals surface area contributed by atoms with Crippen LogP contribution in [0.2, 0.25) is 0 Å². The number of rotatable bonds is 4. The molecule has 1 aliphatic rings. The number of nitriles is 2. The summed E-state index contributed by atoms with van der Waals surface area (Å²) in [6.07, 6.45) is 1.78. The number of halogens is 2. The summed E-state index contributed by atoms with van der Waals surface area (Å²) in [6.45, 7) is -0.0275. The van der Waals surface area contributed by atoms with E-state index in [1.54, 1.807) is 30.5 Å². The molecule has 0 radical (unpaired) electrons. The molecule has 3 aromatic rings. The number of nitrogen functional groups attached to an aromatic ring is 2. The maximum atomic E-state index is 13.4. The SMILES string of the molecule is N#CNC1=NC(c2ccc(OCc3cc(F)cc(F)c3)cc2)c2c(nc(N)c(C#N)c2N)N1. The van der Waals surface area contributed by atoms with Crippen molar-refractivity contribution in [3.05, 3.63) is 76.4 Å². The summed E-state index contributed by atoms with van der Waals surface area (Å²) in [7, 11) is 0. The lowest BCUT2D eigenvalue weighted by Gasteiger charge is -2.26. The average molecular weight is 446 g/mol. The summed E-state index contributed by atoms with van der Waals surface area (Å²) in [5.41, 5.74) is 13.7. The number of nitrogens with zero attached hydrogens (tertiary/aromatic N) is 4. The lowest BCUT2D eigenvalue weighted by Crippen LogP contribution is -2.32. The fourth-order valence-corrected chi connectivity index (χ4v) is 3.43. The maximum absolute atomic E-state index is 13.4. The van der Waals surface area contributed by atoms with Gasteiger partial charge in [-0.1, -0.05) is 12.1 Å². The van der Waals surface area contributed by atoms with Crippen molar-refractivity contribution in [3.63, 3.8) is 0 Å². The average Bonchev–Trinajstić information content (AvgIpc) is 2.77. The van der Waals surface area contributed by atoms with Gasteiger partial charge in [0, 0.05) is 11.6 Å². The van der Waals surface area contributed by atoms with Gasteiger partial charge in [0.2, 0.25) is 5.96 Å². The number of nitrogens with two attached hydrogens (primary N) is 2. The zero-order chi connectivity index (χ0) is 23.5. The van der Waals surface area contributed by atoms with Crippen molar-refractivity contribution in [1.82, 2.24) is 10.3 Å².